The summed E-state index contributed by atoms with van der Waals surface area (Å²) in [6, 6.07) is 45.8. The zero-order valence-electron chi connectivity index (χ0n) is 25.9. The van der Waals surface area contributed by atoms with Crippen LogP contribution in [0.1, 0.15) is 23.6 Å². The Labute approximate surface area is 275 Å². The standard InChI is InChI=1S/C43H27N3O2/c1-2-12-27(13-3-1)41-44-42(33-18-9-21-36-38(33)31-15-6-7-20-35(31)47-36)46-43(45-41)34-19-10-22-37-39(34)32-17-8-16-30(40(32)48-37)29-24-23-26-11-4-5-14-28(26)25-29/h1-9,11-21,23-25H,10,22H2. The molecule has 0 saturated heterocycles. The van der Waals surface area contributed by atoms with Crippen molar-refractivity contribution < 1.29 is 8.83 Å². The number of fused-ring (bicyclic) bond motifs is 7. The monoisotopic (exact) mass is 617 g/mol. The summed E-state index contributed by atoms with van der Waals surface area (Å²) in [7, 11) is 0. The Morgan fingerprint density at radius 1 is 0.500 bits per heavy atom. The van der Waals surface area contributed by atoms with Gasteiger partial charge < -0.3 is 8.83 Å². The summed E-state index contributed by atoms with van der Waals surface area (Å²) in [5.74, 6) is 2.82. The maximum atomic E-state index is 6.74. The van der Waals surface area contributed by atoms with E-state index in [1.54, 1.807) is 0 Å². The zero-order valence-corrected chi connectivity index (χ0v) is 25.9. The van der Waals surface area contributed by atoms with Crippen LogP contribution in [0.15, 0.2) is 148 Å². The summed E-state index contributed by atoms with van der Waals surface area (Å²) in [6.45, 7) is 0. The normalized spacial score (nSPS) is 13.0. The van der Waals surface area contributed by atoms with Crippen LogP contribution in [-0.4, -0.2) is 15.0 Å². The molecule has 0 atom stereocenters. The molecule has 3 heterocycles. The van der Waals surface area contributed by atoms with Gasteiger partial charge in [-0.05, 0) is 41.0 Å². The highest BCUT2D eigenvalue weighted by atomic mass is 16.3. The van der Waals surface area contributed by atoms with Gasteiger partial charge in [-0.2, -0.15) is 0 Å². The van der Waals surface area contributed by atoms with E-state index in [0.717, 1.165) is 84.9 Å². The van der Waals surface area contributed by atoms with Gasteiger partial charge in [0, 0.05) is 50.4 Å². The second-order valence-electron chi connectivity index (χ2n) is 12.3. The molecule has 1 aliphatic carbocycles. The van der Waals surface area contributed by atoms with Crippen LogP contribution < -0.4 is 0 Å². The first-order chi connectivity index (χ1) is 23.8. The lowest BCUT2D eigenvalue weighted by atomic mass is 9.92. The summed E-state index contributed by atoms with van der Waals surface area (Å²) in [5, 5.41) is 5.52. The van der Waals surface area contributed by atoms with Gasteiger partial charge in [0.2, 0.25) is 0 Å². The van der Waals surface area contributed by atoms with E-state index in [1.807, 2.05) is 60.7 Å². The molecule has 0 unspecified atom stereocenters. The van der Waals surface area contributed by atoms with Crippen LogP contribution in [-0.2, 0) is 6.42 Å². The Kier molecular flexibility index (Phi) is 5.93. The fourth-order valence-corrected chi connectivity index (χ4v) is 7.17. The van der Waals surface area contributed by atoms with Crippen LogP contribution in [0.4, 0.5) is 0 Å². The van der Waals surface area contributed by atoms with Crippen molar-refractivity contribution in [3.05, 3.63) is 157 Å². The van der Waals surface area contributed by atoms with Crippen molar-refractivity contribution in [1.29, 1.82) is 0 Å². The third kappa shape index (κ3) is 4.21. The minimum atomic E-state index is 0.605. The fourth-order valence-electron chi connectivity index (χ4n) is 7.17. The topological polar surface area (TPSA) is 65.0 Å². The molecule has 0 saturated carbocycles. The van der Waals surface area contributed by atoms with Crippen LogP contribution in [0.25, 0.3) is 83.2 Å². The largest absolute Gasteiger partial charge is 0.460 e. The Morgan fingerprint density at radius 2 is 1.23 bits per heavy atom. The molecule has 0 amide bonds. The molecule has 0 spiro atoms. The number of aromatic nitrogens is 3. The van der Waals surface area contributed by atoms with Crippen molar-refractivity contribution in [2.75, 3.05) is 0 Å². The fraction of sp³-hybridized carbons (Fsp3) is 0.0465. The molecule has 10 rings (SSSR count). The molecule has 1 aliphatic rings. The lowest BCUT2D eigenvalue weighted by Gasteiger charge is -2.14. The zero-order chi connectivity index (χ0) is 31.6. The Morgan fingerprint density at radius 3 is 2.17 bits per heavy atom. The minimum absolute atomic E-state index is 0.605. The van der Waals surface area contributed by atoms with E-state index in [4.69, 9.17) is 23.8 Å². The molecule has 5 nitrogen and oxygen atoms in total. The number of aryl methyl sites for hydroxylation is 1. The van der Waals surface area contributed by atoms with E-state index in [-0.39, 0.29) is 0 Å². The molecule has 0 bridgehead atoms. The smallest absolute Gasteiger partial charge is 0.164 e. The average Bonchev–Trinajstić information content (AvgIpc) is 3.73. The molecular formula is C43H27N3O2. The quantitative estimate of drug-likeness (QED) is 0.197. The van der Waals surface area contributed by atoms with Crippen LogP contribution in [0.5, 0.6) is 0 Å². The van der Waals surface area contributed by atoms with E-state index in [0.29, 0.717) is 17.5 Å². The Balaban J connectivity index is 1.18. The van der Waals surface area contributed by atoms with Crippen molar-refractivity contribution in [2.24, 2.45) is 0 Å². The van der Waals surface area contributed by atoms with Gasteiger partial charge in [0.1, 0.15) is 22.5 Å². The minimum Gasteiger partial charge on any atom is -0.460 e. The van der Waals surface area contributed by atoms with Crippen molar-refractivity contribution >= 4 is 49.3 Å². The number of benzene rings is 6. The SMILES string of the molecule is C1=C(c2nc(-c3ccccc3)nc(-c3cccc4oc5ccccc5c34)n2)c2c(oc3c(-c4ccc5ccccc5c4)cccc23)CC1. The van der Waals surface area contributed by atoms with Crippen molar-refractivity contribution in [1.82, 2.24) is 15.0 Å². The summed E-state index contributed by atoms with van der Waals surface area (Å²) in [5.41, 5.74) is 8.60. The van der Waals surface area contributed by atoms with E-state index in [1.165, 1.54) is 10.8 Å². The highest BCUT2D eigenvalue weighted by Crippen LogP contribution is 2.43. The van der Waals surface area contributed by atoms with Gasteiger partial charge in [-0.3, -0.25) is 0 Å². The first-order valence-corrected chi connectivity index (χ1v) is 16.3. The maximum Gasteiger partial charge on any atom is 0.164 e. The van der Waals surface area contributed by atoms with E-state index < -0.39 is 0 Å². The van der Waals surface area contributed by atoms with Gasteiger partial charge in [-0.1, -0.05) is 121 Å². The maximum absolute atomic E-state index is 6.74. The van der Waals surface area contributed by atoms with Crippen LogP contribution in [0.2, 0.25) is 0 Å². The van der Waals surface area contributed by atoms with Crippen molar-refractivity contribution in [3.63, 3.8) is 0 Å². The van der Waals surface area contributed by atoms with E-state index in [9.17, 15) is 0 Å². The lowest BCUT2D eigenvalue weighted by Crippen LogP contribution is -2.06. The van der Waals surface area contributed by atoms with E-state index in [2.05, 4.69) is 78.9 Å². The first kappa shape index (κ1) is 26.8. The summed E-state index contributed by atoms with van der Waals surface area (Å²) in [6.07, 6.45) is 3.90. The number of para-hydroxylation sites is 2. The number of rotatable bonds is 4. The predicted octanol–water partition coefficient (Wildman–Crippen LogP) is 11.0. The molecule has 0 aliphatic heterocycles. The molecule has 3 aromatic heterocycles. The molecule has 6 aromatic carbocycles. The highest BCUT2D eigenvalue weighted by Gasteiger charge is 2.27. The second-order valence-corrected chi connectivity index (χ2v) is 12.3. The van der Waals surface area contributed by atoms with E-state index >= 15 is 0 Å². The van der Waals surface area contributed by atoms with Gasteiger partial charge in [0.05, 0.1) is 0 Å². The van der Waals surface area contributed by atoms with Crippen LogP contribution >= 0.6 is 0 Å². The van der Waals surface area contributed by atoms with Gasteiger partial charge in [0.25, 0.3) is 0 Å². The first-order valence-electron chi connectivity index (χ1n) is 16.3. The summed E-state index contributed by atoms with van der Waals surface area (Å²) < 4.78 is 13.0. The van der Waals surface area contributed by atoms with Gasteiger partial charge in [-0.15, -0.1) is 0 Å². The highest BCUT2D eigenvalue weighted by molar-refractivity contribution is 6.12. The average molecular weight is 618 g/mol. The predicted molar refractivity (Wildman–Crippen MR) is 193 cm³/mol. The van der Waals surface area contributed by atoms with Crippen LogP contribution in [0, 0.1) is 0 Å². The number of hydrogen-bond acceptors (Lipinski definition) is 5. The number of nitrogens with zero attached hydrogens (tertiary/aromatic N) is 3. The van der Waals surface area contributed by atoms with Crippen molar-refractivity contribution in [2.45, 2.75) is 12.8 Å². The molecular weight excluding hydrogens is 590 g/mol. The molecule has 0 radical (unpaired) electrons. The van der Waals surface area contributed by atoms with Gasteiger partial charge in [-0.25, -0.2) is 15.0 Å². The molecule has 9 aromatic rings. The number of allylic oxidation sites excluding steroid dienone is 1. The molecule has 5 heteroatoms. The van der Waals surface area contributed by atoms with Crippen LogP contribution in [0.3, 0.4) is 0 Å². The Hall–Kier alpha value is -6.33. The summed E-state index contributed by atoms with van der Waals surface area (Å²) >= 11 is 0. The number of furan rings is 2. The van der Waals surface area contributed by atoms with Gasteiger partial charge in [0.15, 0.2) is 17.5 Å². The number of hydrogen-bond donors (Lipinski definition) is 0. The molecule has 48 heavy (non-hydrogen) atoms. The second kappa shape index (κ2) is 10.6. The third-order valence-corrected chi connectivity index (χ3v) is 9.39. The lowest BCUT2D eigenvalue weighted by molar-refractivity contribution is 0.546. The van der Waals surface area contributed by atoms with Gasteiger partial charge >= 0.3 is 0 Å². The third-order valence-electron chi connectivity index (χ3n) is 9.39. The molecule has 226 valence electrons. The van der Waals surface area contributed by atoms with Crippen molar-refractivity contribution in [3.8, 4) is 33.9 Å². The molecule has 0 N–H and O–H groups in total. The molecule has 0 fully saturated rings. The summed E-state index contributed by atoms with van der Waals surface area (Å²) in [4.78, 5) is 15.4. The Bertz CT molecular complexity index is 2740.